The van der Waals surface area contributed by atoms with E-state index in [1.54, 1.807) is 6.20 Å². The maximum absolute atomic E-state index is 9.05. The molecule has 1 unspecified atom stereocenters. The molecule has 1 fully saturated rings. The maximum atomic E-state index is 9.05. The smallest absolute Gasteiger partial charge is 0.0853 e. The van der Waals surface area contributed by atoms with Gasteiger partial charge in [-0.3, -0.25) is 4.98 Å². The maximum Gasteiger partial charge on any atom is 0.0853 e. The second-order valence-electron chi connectivity index (χ2n) is 3.95. The number of pyridine rings is 1. The van der Waals surface area contributed by atoms with E-state index in [4.69, 9.17) is 10.2 Å². The Kier molecular flexibility index (Phi) is 3.18. The van der Waals surface area contributed by atoms with E-state index in [1.807, 2.05) is 12.1 Å². The van der Waals surface area contributed by atoms with Crippen molar-refractivity contribution in [2.24, 2.45) is 5.92 Å². The number of hydrogen-bond donors (Lipinski definition) is 2. The average Bonchev–Trinajstić information content (AvgIpc) is 2.78. The Morgan fingerprint density at radius 2 is 2.33 bits per heavy atom. The topological polar surface area (TPSA) is 56.6 Å². The van der Waals surface area contributed by atoms with Crippen molar-refractivity contribution < 1.29 is 10.2 Å². The second kappa shape index (κ2) is 4.59. The zero-order chi connectivity index (χ0) is 10.7. The highest BCUT2D eigenvalue weighted by Gasteiger charge is 2.21. The molecule has 1 aliphatic heterocycles. The minimum atomic E-state index is -0.0227. The summed E-state index contributed by atoms with van der Waals surface area (Å²) in [6, 6.07) is 3.85. The van der Waals surface area contributed by atoms with Crippen LogP contribution in [0, 0.1) is 5.92 Å². The fourth-order valence-electron chi connectivity index (χ4n) is 1.96. The zero-order valence-corrected chi connectivity index (χ0v) is 8.63. The van der Waals surface area contributed by atoms with Crippen molar-refractivity contribution in [1.82, 2.24) is 4.98 Å². The van der Waals surface area contributed by atoms with Gasteiger partial charge in [-0.2, -0.15) is 0 Å². The van der Waals surface area contributed by atoms with Crippen LogP contribution in [0.3, 0.4) is 0 Å². The van der Waals surface area contributed by atoms with E-state index < -0.39 is 0 Å². The first-order valence-electron chi connectivity index (χ1n) is 5.25. The third kappa shape index (κ3) is 2.27. The van der Waals surface area contributed by atoms with Crippen molar-refractivity contribution in [3.63, 3.8) is 0 Å². The van der Waals surface area contributed by atoms with E-state index in [2.05, 4.69) is 9.88 Å². The molecule has 1 aliphatic rings. The monoisotopic (exact) mass is 208 g/mol. The lowest BCUT2D eigenvalue weighted by atomic mass is 10.1. The van der Waals surface area contributed by atoms with Crippen molar-refractivity contribution in [3.05, 3.63) is 24.0 Å². The molecule has 0 bridgehead atoms. The Bertz CT molecular complexity index is 330. The molecule has 0 aromatic carbocycles. The van der Waals surface area contributed by atoms with Crippen LogP contribution in [0.5, 0.6) is 0 Å². The highest BCUT2D eigenvalue weighted by atomic mass is 16.3. The zero-order valence-electron chi connectivity index (χ0n) is 8.63. The molecule has 0 spiro atoms. The van der Waals surface area contributed by atoms with Crippen LogP contribution >= 0.6 is 0 Å². The molecule has 2 N–H and O–H groups in total. The van der Waals surface area contributed by atoms with Crippen molar-refractivity contribution in [1.29, 1.82) is 0 Å². The molecule has 0 saturated carbocycles. The summed E-state index contributed by atoms with van der Waals surface area (Å²) in [5, 5.41) is 18.0. The molecule has 1 aromatic heterocycles. The summed E-state index contributed by atoms with van der Waals surface area (Å²) >= 11 is 0. The van der Waals surface area contributed by atoms with Gasteiger partial charge in [0.05, 0.1) is 12.3 Å². The lowest BCUT2D eigenvalue weighted by molar-refractivity contribution is 0.238. The Morgan fingerprint density at radius 3 is 3.00 bits per heavy atom. The Balaban J connectivity index is 2.09. The predicted octanol–water partition coefficient (Wildman–Crippen LogP) is 0.392. The van der Waals surface area contributed by atoms with E-state index in [0.717, 1.165) is 25.2 Å². The van der Waals surface area contributed by atoms with Crippen molar-refractivity contribution in [2.45, 2.75) is 13.0 Å². The van der Waals surface area contributed by atoms with Gasteiger partial charge in [-0.25, -0.2) is 0 Å². The second-order valence-corrected chi connectivity index (χ2v) is 3.95. The van der Waals surface area contributed by atoms with Gasteiger partial charge < -0.3 is 15.1 Å². The summed E-state index contributed by atoms with van der Waals surface area (Å²) in [7, 11) is 0. The van der Waals surface area contributed by atoms with Crippen molar-refractivity contribution >= 4 is 5.69 Å². The van der Waals surface area contributed by atoms with E-state index in [1.165, 1.54) is 0 Å². The number of anilines is 1. The average molecular weight is 208 g/mol. The van der Waals surface area contributed by atoms with Gasteiger partial charge in [0.15, 0.2) is 0 Å². The number of nitrogens with zero attached hydrogens (tertiary/aromatic N) is 2. The molecular weight excluding hydrogens is 192 g/mol. The van der Waals surface area contributed by atoms with Crippen LogP contribution in [-0.4, -0.2) is 34.9 Å². The van der Waals surface area contributed by atoms with Gasteiger partial charge in [0.1, 0.15) is 0 Å². The first kappa shape index (κ1) is 10.4. The minimum absolute atomic E-state index is 0.0227. The van der Waals surface area contributed by atoms with Gasteiger partial charge in [0, 0.05) is 37.5 Å². The lowest BCUT2D eigenvalue weighted by Crippen LogP contribution is -2.20. The quantitative estimate of drug-likeness (QED) is 0.754. The molecule has 1 atom stereocenters. The van der Waals surface area contributed by atoms with Crippen LogP contribution in [0.4, 0.5) is 5.69 Å². The van der Waals surface area contributed by atoms with E-state index in [9.17, 15) is 0 Å². The van der Waals surface area contributed by atoms with Gasteiger partial charge >= 0.3 is 0 Å². The summed E-state index contributed by atoms with van der Waals surface area (Å²) in [5.41, 5.74) is 1.78. The molecule has 1 aromatic rings. The molecule has 4 nitrogen and oxygen atoms in total. The molecule has 4 heteroatoms. The van der Waals surface area contributed by atoms with Crippen LogP contribution in [0.15, 0.2) is 18.3 Å². The van der Waals surface area contributed by atoms with Gasteiger partial charge in [0.25, 0.3) is 0 Å². The van der Waals surface area contributed by atoms with E-state index in [-0.39, 0.29) is 13.2 Å². The molecule has 0 aliphatic carbocycles. The molecule has 0 amide bonds. The van der Waals surface area contributed by atoms with Crippen LogP contribution < -0.4 is 4.90 Å². The van der Waals surface area contributed by atoms with E-state index >= 15 is 0 Å². The van der Waals surface area contributed by atoms with Crippen molar-refractivity contribution in [2.75, 3.05) is 24.6 Å². The largest absolute Gasteiger partial charge is 0.396 e. The number of rotatable bonds is 3. The summed E-state index contributed by atoms with van der Waals surface area (Å²) in [5.74, 6) is 0.385. The fourth-order valence-corrected chi connectivity index (χ4v) is 1.96. The summed E-state index contributed by atoms with van der Waals surface area (Å²) in [6.45, 7) is 2.10. The number of aliphatic hydroxyl groups excluding tert-OH is 2. The molecule has 15 heavy (non-hydrogen) atoms. The standard InChI is InChI=1S/C11H16N2O2/c14-7-9-2-4-13(6-9)11-1-3-12-10(5-11)8-15/h1,3,5,9,14-15H,2,4,6-8H2. The molecule has 2 heterocycles. The molecule has 1 saturated heterocycles. The number of aromatic nitrogens is 1. The Labute approximate surface area is 89.2 Å². The predicted molar refractivity (Wildman–Crippen MR) is 57.6 cm³/mol. The van der Waals surface area contributed by atoms with Crippen LogP contribution in [0.25, 0.3) is 0 Å². The SMILES string of the molecule is OCc1cc(N2CCC(CO)C2)ccn1. The first-order valence-corrected chi connectivity index (χ1v) is 5.25. The number of aliphatic hydroxyl groups is 2. The van der Waals surface area contributed by atoms with Gasteiger partial charge in [0.2, 0.25) is 0 Å². The highest BCUT2D eigenvalue weighted by Crippen LogP contribution is 2.23. The van der Waals surface area contributed by atoms with Gasteiger partial charge in [-0.1, -0.05) is 0 Å². The Morgan fingerprint density at radius 1 is 1.47 bits per heavy atom. The molecule has 0 radical (unpaired) electrons. The summed E-state index contributed by atoms with van der Waals surface area (Å²) < 4.78 is 0. The molecule has 82 valence electrons. The first-order chi connectivity index (χ1) is 7.33. The highest BCUT2D eigenvalue weighted by molar-refractivity contribution is 5.47. The van der Waals surface area contributed by atoms with Crippen LogP contribution in [0.2, 0.25) is 0 Å². The molecular formula is C11H16N2O2. The van der Waals surface area contributed by atoms with Crippen LogP contribution in [0.1, 0.15) is 12.1 Å². The minimum Gasteiger partial charge on any atom is -0.396 e. The fraction of sp³-hybridized carbons (Fsp3) is 0.545. The van der Waals surface area contributed by atoms with Gasteiger partial charge in [-0.15, -0.1) is 0 Å². The molecule has 2 rings (SSSR count). The lowest BCUT2D eigenvalue weighted by Gasteiger charge is -2.18. The third-order valence-corrected chi connectivity index (χ3v) is 2.87. The van der Waals surface area contributed by atoms with Crippen LogP contribution in [-0.2, 0) is 6.61 Å². The third-order valence-electron chi connectivity index (χ3n) is 2.87. The Hall–Kier alpha value is -1.13. The van der Waals surface area contributed by atoms with E-state index in [0.29, 0.717) is 11.6 Å². The summed E-state index contributed by atoms with van der Waals surface area (Å²) in [4.78, 5) is 6.27. The normalized spacial score (nSPS) is 20.9. The van der Waals surface area contributed by atoms with Crippen molar-refractivity contribution in [3.8, 4) is 0 Å². The van der Waals surface area contributed by atoms with Gasteiger partial charge in [-0.05, 0) is 18.6 Å². The summed E-state index contributed by atoms with van der Waals surface area (Å²) in [6.07, 6.45) is 2.75. The number of hydrogen-bond acceptors (Lipinski definition) is 4.